The molecule has 0 aliphatic rings. The van der Waals surface area contributed by atoms with Gasteiger partial charge in [-0.25, -0.2) is 4.98 Å². The largest absolute Gasteiger partial charge is 0.495 e. The van der Waals surface area contributed by atoms with Gasteiger partial charge in [-0.15, -0.1) is 11.3 Å². The van der Waals surface area contributed by atoms with Gasteiger partial charge in [-0.1, -0.05) is 15.9 Å². The Labute approximate surface area is 113 Å². The maximum atomic E-state index is 5.37. The first kappa shape index (κ1) is 12.4. The molecule has 0 atom stereocenters. The molecule has 0 spiro atoms. The number of hydrogen-bond donors (Lipinski definition) is 1. The number of thiazole rings is 1. The molecule has 1 aromatic heterocycles. The molecule has 0 radical (unpaired) electrons. The van der Waals surface area contributed by atoms with Gasteiger partial charge in [-0.05, 0) is 24.6 Å². The molecule has 0 saturated heterocycles. The van der Waals surface area contributed by atoms with Gasteiger partial charge in [-0.3, -0.25) is 0 Å². The van der Waals surface area contributed by atoms with Crippen molar-refractivity contribution in [1.29, 1.82) is 0 Å². The summed E-state index contributed by atoms with van der Waals surface area (Å²) in [6, 6.07) is 4.02. The molecule has 2 rings (SSSR count). The Morgan fingerprint density at radius 1 is 1.47 bits per heavy atom. The number of ether oxygens (including phenoxy) is 1. The van der Waals surface area contributed by atoms with E-state index in [0.717, 1.165) is 27.2 Å². The van der Waals surface area contributed by atoms with E-state index in [1.807, 2.05) is 17.0 Å². The number of rotatable bonds is 4. The third-order valence-electron chi connectivity index (χ3n) is 2.41. The molecule has 2 aromatic rings. The lowest BCUT2D eigenvalue weighted by molar-refractivity contribution is 0.416. The molecule has 0 saturated carbocycles. The Kier molecular flexibility index (Phi) is 4.02. The second-order valence-electron chi connectivity index (χ2n) is 3.63. The monoisotopic (exact) mass is 312 g/mol. The number of methoxy groups -OCH3 is 1. The number of anilines is 1. The number of nitrogens with one attached hydrogen (secondary N) is 1. The van der Waals surface area contributed by atoms with Crippen molar-refractivity contribution >= 4 is 33.0 Å². The molecule has 0 bridgehead atoms. The van der Waals surface area contributed by atoms with Crippen molar-refractivity contribution in [3.63, 3.8) is 0 Å². The second kappa shape index (κ2) is 5.51. The number of benzene rings is 1. The maximum absolute atomic E-state index is 5.37. The van der Waals surface area contributed by atoms with Gasteiger partial charge in [0.2, 0.25) is 0 Å². The standard InChI is InChI=1S/C12H13BrN2OS/c1-8-3-9(13)4-11(16-2)12(8)14-5-10-6-17-7-15-10/h3-4,6-7,14H,5H2,1-2H3. The highest BCUT2D eigenvalue weighted by Gasteiger charge is 2.08. The van der Waals surface area contributed by atoms with Crippen LogP contribution in [0, 0.1) is 6.92 Å². The van der Waals surface area contributed by atoms with Crippen LogP contribution in [0.4, 0.5) is 5.69 Å². The molecule has 17 heavy (non-hydrogen) atoms. The summed E-state index contributed by atoms with van der Waals surface area (Å²) in [5.74, 6) is 0.840. The number of halogens is 1. The fourth-order valence-electron chi connectivity index (χ4n) is 1.60. The van der Waals surface area contributed by atoms with E-state index in [1.165, 1.54) is 0 Å². The van der Waals surface area contributed by atoms with E-state index in [9.17, 15) is 0 Å². The predicted molar refractivity (Wildman–Crippen MR) is 74.9 cm³/mol. The molecule has 3 nitrogen and oxygen atoms in total. The Morgan fingerprint density at radius 2 is 2.29 bits per heavy atom. The van der Waals surface area contributed by atoms with Crippen LogP contribution in [0.1, 0.15) is 11.3 Å². The summed E-state index contributed by atoms with van der Waals surface area (Å²) in [6.45, 7) is 2.76. The van der Waals surface area contributed by atoms with Crippen molar-refractivity contribution in [2.75, 3.05) is 12.4 Å². The minimum absolute atomic E-state index is 0.711. The van der Waals surface area contributed by atoms with Crippen molar-refractivity contribution in [2.45, 2.75) is 13.5 Å². The number of nitrogens with zero attached hydrogens (tertiary/aromatic N) is 1. The van der Waals surface area contributed by atoms with Gasteiger partial charge >= 0.3 is 0 Å². The summed E-state index contributed by atoms with van der Waals surface area (Å²) >= 11 is 5.06. The fraction of sp³-hybridized carbons (Fsp3) is 0.250. The van der Waals surface area contributed by atoms with Crippen molar-refractivity contribution in [3.05, 3.63) is 38.8 Å². The fourth-order valence-corrected chi connectivity index (χ4v) is 2.71. The molecular formula is C12H13BrN2OS. The zero-order valence-electron chi connectivity index (χ0n) is 9.66. The quantitative estimate of drug-likeness (QED) is 0.931. The van der Waals surface area contributed by atoms with Crippen LogP contribution in [-0.2, 0) is 6.54 Å². The minimum atomic E-state index is 0.711. The zero-order chi connectivity index (χ0) is 12.3. The third-order valence-corrected chi connectivity index (χ3v) is 3.51. The summed E-state index contributed by atoms with van der Waals surface area (Å²) in [6.07, 6.45) is 0. The predicted octanol–water partition coefficient (Wildman–Crippen LogP) is 3.83. The van der Waals surface area contributed by atoms with Gasteiger partial charge < -0.3 is 10.1 Å². The van der Waals surface area contributed by atoms with Crippen molar-refractivity contribution < 1.29 is 4.74 Å². The second-order valence-corrected chi connectivity index (χ2v) is 5.27. The topological polar surface area (TPSA) is 34.1 Å². The van der Waals surface area contributed by atoms with E-state index in [1.54, 1.807) is 18.4 Å². The highest BCUT2D eigenvalue weighted by atomic mass is 79.9. The van der Waals surface area contributed by atoms with Crippen LogP contribution >= 0.6 is 27.3 Å². The van der Waals surface area contributed by atoms with Crippen LogP contribution in [0.3, 0.4) is 0 Å². The SMILES string of the molecule is COc1cc(Br)cc(C)c1NCc1cscn1. The van der Waals surface area contributed by atoms with E-state index in [-0.39, 0.29) is 0 Å². The van der Waals surface area contributed by atoms with E-state index in [4.69, 9.17) is 4.74 Å². The lowest BCUT2D eigenvalue weighted by Gasteiger charge is -2.13. The van der Waals surface area contributed by atoms with E-state index in [0.29, 0.717) is 6.54 Å². The lowest BCUT2D eigenvalue weighted by Crippen LogP contribution is -2.03. The first-order valence-corrected chi connectivity index (χ1v) is 6.89. The molecule has 0 fully saturated rings. The molecule has 0 aliphatic carbocycles. The average Bonchev–Trinajstić information content (AvgIpc) is 2.79. The third kappa shape index (κ3) is 2.98. The molecular weight excluding hydrogens is 300 g/mol. The maximum Gasteiger partial charge on any atom is 0.143 e. The van der Waals surface area contributed by atoms with Gasteiger partial charge in [0.05, 0.1) is 30.5 Å². The van der Waals surface area contributed by atoms with Crippen LogP contribution in [0.15, 0.2) is 27.5 Å². The summed E-state index contributed by atoms with van der Waals surface area (Å²) < 4.78 is 6.39. The van der Waals surface area contributed by atoms with Gasteiger partial charge in [0.25, 0.3) is 0 Å². The molecule has 1 N–H and O–H groups in total. The lowest BCUT2D eigenvalue weighted by atomic mass is 10.2. The first-order valence-electron chi connectivity index (χ1n) is 5.16. The highest BCUT2D eigenvalue weighted by Crippen LogP contribution is 2.32. The van der Waals surface area contributed by atoms with Gasteiger partial charge in [-0.2, -0.15) is 0 Å². The number of aromatic nitrogens is 1. The Bertz CT molecular complexity index is 499. The summed E-state index contributed by atoms with van der Waals surface area (Å²) in [5.41, 5.74) is 5.04. The van der Waals surface area contributed by atoms with Crippen molar-refractivity contribution in [1.82, 2.24) is 4.98 Å². The summed E-state index contributed by atoms with van der Waals surface area (Å²) in [7, 11) is 1.68. The number of hydrogen-bond acceptors (Lipinski definition) is 4. The van der Waals surface area contributed by atoms with Crippen molar-refractivity contribution in [3.8, 4) is 5.75 Å². The highest BCUT2D eigenvalue weighted by molar-refractivity contribution is 9.10. The molecule has 0 unspecified atom stereocenters. The van der Waals surface area contributed by atoms with Gasteiger partial charge in [0, 0.05) is 9.85 Å². The van der Waals surface area contributed by atoms with Crippen LogP contribution in [0.5, 0.6) is 5.75 Å². The Hall–Kier alpha value is -1.07. The summed E-state index contributed by atoms with van der Waals surface area (Å²) in [5, 5.41) is 5.40. The average molecular weight is 313 g/mol. The molecule has 90 valence electrons. The normalized spacial score (nSPS) is 10.3. The Balaban J connectivity index is 2.19. The minimum Gasteiger partial charge on any atom is -0.495 e. The number of aryl methyl sites for hydroxylation is 1. The smallest absolute Gasteiger partial charge is 0.143 e. The van der Waals surface area contributed by atoms with Crippen molar-refractivity contribution in [2.24, 2.45) is 0 Å². The molecule has 1 heterocycles. The zero-order valence-corrected chi connectivity index (χ0v) is 12.1. The van der Waals surface area contributed by atoms with E-state index >= 15 is 0 Å². The van der Waals surface area contributed by atoms with Crippen LogP contribution in [-0.4, -0.2) is 12.1 Å². The molecule has 0 amide bonds. The molecule has 0 aliphatic heterocycles. The van der Waals surface area contributed by atoms with E-state index in [2.05, 4.69) is 39.2 Å². The Morgan fingerprint density at radius 3 is 2.94 bits per heavy atom. The molecule has 1 aromatic carbocycles. The van der Waals surface area contributed by atoms with Crippen LogP contribution in [0.2, 0.25) is 0 Å². The van der Waals surface area contributed by atoms with Gasteiger partial charge in [0.1, 0.15) is 5.75 Å². The van der Waals surface area contributed by atoms with Crippen LogP contribution in [0.25, 0.3) is 0 Å². The summed E-state index contributed by atoms with van der Waals surface area (Å²) in [4.78, 5) is 4.24. The van der Waals surface area contributed by atoms with Crippen LogP contribution < -0.4 is 10.1 Å². The molecule has 5 heteroatoms. The first-order chi connectivity index (χ1) is 8.20. The van der Waals surface area contributed by atoms with E-state index < -0.39 is 0 Å². The van der Waals surface area contributed by atoms with Gasteiger partial charge in [0.15, 0.2) is 0 Å².